The van der Waals surface area contributed by atoms with Crippen molar-refractivity contribution >= 4 is 41.4 Å². The monoisotopic (exact) mass is 905 g/mol. The highest BCUT2D eigenvalue weighted by atomic mass is 35.5. The number of pyridine rings is 1. The van der Waals surface area contributed by atoms with Crippen molar-refractivity contribution in [1.29, 1.82) is 0 Å². The molecule has 1 aliphatic heterocycles. The molecule has 0 spiro atoms. The molecule has 0 bridgehead atoms. The van der Waals surface area contributed by atoms with E-state index < -0.39 is 84.8 Å². The number of carbonyl (C=O) groups excluding carboxylic acids is 5. The number of cyclic esters (lactones) is 2. The molecule has 64 heavy (non-hydrogen) atoms. The van der Waals surface area contributed by atoms with E-state index in [4.69, 9.17) is 40.0 Å². The number of benzene rings is 2. The maximum absolute atomic E-state index is 13.4. The van der Waals surface area contributed by atoms with Crippen LogP contribution in [0.5, 0.6) is 11.5 Å². The highest BCUT2D eigenvalue weighted by Gasteiger charge is 2.45. The average Bonchev–Trinajstić information content (AvgIpc) is 4.00. The van der Waals surface area contributed by atoms with Crippen molar-refractivity contribution in [2.75, 3.05) is 20.5 Å². The van der Waals surface area contributed by atoms with Gasteiger partial charge in [0.1, 0.15) is 36.9 Å². The number of nitrogens with one attached hydrogen (secondary N) is 1. The van der Waals surface area contributed by atoms with Crippen LogP contribution < -0.4 is 14.8 Å². The van der Waals surface area contributed by atoms with E-state index in [1.165, 1.54) is 45.5 Å². The highest BCUT2D eigenvalue weighted by molar-refractivity contribution is 6.30. The van der Waals surface area contributed by atoms with Crippen molar-refractivity contribution in [2.45, 2.75) is 91.2 Å². The van der Waals surface area contributed by atoms with Crippen LogP contribution in [0.2, 0.25) is 5.02 Å². The lowest BCUT2D eigenvalue weighted by molar-refractivity contribution is -0.176. The van der Waals surface area contributed by atoms with Gasteiger partial charge in [-0.25, -0.2) is 19.4 Å². The average molecular weight is 906 g/mol. The predicted octanol–water partition coefficient (Wildman–Crippen LogP) is 5.50. The van der Waals surface area contributed by atoms with E-state index >= 15 is 0 Å². The van der Waals surface area contributed by atoms with Gasteiger partial charge in [0.2, 0.25) is 6.79 Å². The van der Waals surface area contributed by atoms with Crippen LogP contribution in [0.1, 0.15) is 76.0 Å². The maximum atomic E-state index is 13.4. The fraction of sp³-hybridized carbons (Fsp3) is 0.478. The molecule has 6 atom stereocenters. The molecule has 1 saturated heterocycles. The van der Waals surface area contributed by atoms with Gasteiger partial charge in [-0.15, -0.1) is 0 Å². The number of methoxy groups -OCH3 is 1. The van der Waals surface area contributed by atoms with Gasteiger partial charge >= 0.3 is 23.9 Å². The number of esters is 4. The van der Waals surface area contributed by atoms with E-state index in [9.17, 15) is 29.1 Å². The molecule has 2 N–H and O–H groups in total. The van der Waals surface area contributed by atoms with Crippen LogP contribution in [0, 0.1) is 29.6 Å². The molecule has 344 valence electrons. The number of aromatic nitrogens is 4. The zero-order chi connectivity index (χ0) is 46.6. The highest BCUT2D eigenvalue weighted by Crippen LogP contribution is 2.46. The molecule has 2 aromatic carbocycles. The summed E-state index contributed by atoms with van der Waals surface area (Å²) in [4.78, 5) is 72.5. The number of rotatable bonds is 16. The van der Waals surface area contributed by atoms with Gasteiger partial charge < -0.3 is 38.8 Å². The maximum Gasteiger partial charge on any atom is 0.332 e. The number of carbonyl (C=O) groups is 5. The van der Waals surface area contributed by atoms with E-state index in [0.29, 0.717) is 17.5 Å². The first-order chi connectivity index (χ1) is 30.5. The molecule has 2 unspecified atom stereocenters. The number of halogens is 1. The lowest BCUT2D eigenvalue weighted by Crippen LogP contribution is -2.47. The number of ether oxygens (including phenoxy) is 6. The Morgan fingerprint density at radius 1 is 0.969 bits per heavy atom. The van der Waals surface area contributed by atoms with Gasteiger partial charge in [-0.1, -0.05) is 88.7 Å². The zero-order valence-electron chi connectivity index (χ0n) is 37.0. The standard InChI is InChI=1S/C31H38N2O11.C15H18ClN3O/c1-17(2)28(35)42-16-41-26-23(39-6)12-13-32-24(26)27(34)33-22-15-40-30(37)21(14-20-10-8-7-9-11-20)25(19(5)43-31(22)38)44-29(36)18(3)4;1-11(12-2-3-12)15(20,8-19-10-17-9-18-19)13-4-6-14(16)7-5-13/h7-13,17-19,21-22,25H,14-16H2,1-6H3,(H,33,34);4-7,9-12,20H,2-3,8H2,1H3/t19-,21+,22-,25-;/m0./s1. The third kappa shape index (κ3) is 13.0. The number of hydrogen-bond donors (Lipinski definition) is 2. The lowest BCUT2D eigenvalue weighted by atomic mass is 9.79. The molecule has 1 amide bonds. The Labute approximate surface area is 377 Å². The third-order valence-electron chi connectivity index (χ3n) is 10.9. The van der Waals surface area contributed by atoms with Gasteiger partial charge in [-0.05, 0) is 61.3 Å². The number of nitrogens with zero attached hydrogens (tertiary/aromatic N) is 4. The fourth-order valence-electron chi connectivity index (χ4n) is 6.97. The first-order valence-corrected chi connectivity index (χ1v) is 21.5. The van der Waals surface area contributed by atoms with E-state index in [0.717, 1.165) is 11.1 Å². The Morgan fingerprint density at radius 3 is 2.27 bits per heavy atom. The van der Waals surface area contributed by atoms with Crippen LogP contribution in [0.3, 0.4) is 0 Å². The number of aliphatic hydroxyl groups is 1. The molecule has 1 aliphatic carbocycles. The second-order valence-corrected chi connectivity index (χ2v) is 16.8. The van der Waals surface area contributed by atoms with E-state index in [2.05, 4.69) is 27.3 Å². The Balaban J connectivity index is 0.000000317. The van der Waals surface area contributed by atoms with Crippen molar-refractivity contribution in [2.24, 2.45) is 29.6 Å². The molecule has 17 nitrogen and oxygen atoms in total. The Bertz CT molecular complexity index is 2190. The van der Waals surface area contributed by atoms with Crippen LogP contribution in [0.4, 0.5) is 0 Å². The molecular weight excluding hydrogens is 850 g/mol. The van der Waals surface area contributed by atoms with Crippen LogP contribution in [-0.4, -0.2) is 93.4 Å². The Hall–Kier alpha value is -6.07. The van der Waals surface area contributed by atoms with Crippen LogP contribution in [0.15, 0.2) is 79.5 Å². The van der Waals surface area contributed by atoms with Gasteiger partial charge in [-0.3, -0.25) is 19.2 Å². The molecule has 6 rings (SSSR count). The lowest BCUT2D eigenvalue weighted by Gasteiger charge is -2.35. The van der Waals surface area contributed by atoms with Crippen molar-refractivity contribution in [3.05, 3.63) is 101 Å². The summed E-state index contributed by atoms with van der Waals surface area (Å²) in [5.74, 6) is -4.86. The summed E-state index contributed by atoms with van der Waals surface area (Å²) in [6.45, 7) is 9.51. The second-order valence-electron chi connectivity index (χ2n) is 16.4. The normalized spacial score (nSPS) is 20.1. The minimum Gasteiger partial charge on any atom is -0.493 e. The third-order valence-corrected chi connectivity index (χ3v) is 11.2. The molecule has 18 heteroatoms. The van der Waals surface area contributed by atoms with Crippen LogP contribution >= 0.6 is 11.6 Å². The first kappa shape index (κ1) is 49.0. The molecule has 3 heterocycles. The summed E-state index contributed by atoms with van der Waals surface area (Å²) in [6.07, 6.45) is 4.70. The fourth-order valence-corrected chi connectivity index (χ4v) is 7.09. The number of amides is 1. The SMILES string of the molecule is CC(C1CC1)C(O)(Cn1cncn1)c1ccc(Cl)cc1.COc1ccnc(C(=O)N[C@H]2COC(=O)[C@H](Cc3ccccc3)[C@@H](OC(=O)C(C)C)[C@H](C)OC2=O)c1OCOC(=O)C(C)C. The summed E-state index contributed by atoms with van der Waals surface area (Å²) in [6, 6.07) is 16.5. The van der Waals surface area contributed by atoms with E-state index in [-0.39, 0.29) is 29.5 Å². The smallest absolute Gasteiger partial charge is 0.332 e. The second kappa shape index (κ2) is 22.5. The van der Waals surface area contributed by atoms with Crippen molar-refractivity contribution in [3.8, 4) is 11.5 Å². The Morgan fingerprint density at radius 2 is 1.66 bits per heavy atom. The van der Waals surface area contributed by atoms with Crippen molar-refractivity contribution < 1.29 is 57.5 Å². The molecule has 4 aromatic rings. The predicted molar refractivity (Wildman–Crippen MR) is 231 cm³/mol. The summed E-state index contributed by atoms with van der Waals surface area (Å²) in [5.41, 5.74) is 0.428. The summed E-state index contributed by atoms with van der Waals surface area (Å²) in [5, 5.41) is 18.6. The largest absolute Gasteiger partial charge is 0.493 e. The van der Waals surface area contributed by atoms with Gasteiger partial charge in [0.05, 0.1) is 25.5 Å². The van der Waals surface area contributed by atoms with E-state index in [1.54, 1.807) is 50.8 Å². The van der Waals surface area contributed by atoms with Gasteiger partial charge in [-0.2, -0.15) is 5.10 Å². The summed E-state index contributed by atoms with van der Waals surface area (Å²) in [7, 11) is 1.34. The molecule has 2 aromatic heterocycles. The Kier molecular flexibility index (Phi) is 17.2. The van der Waals surface area contributed by atoms with Gasteiger partial charge in [0, 0.05) is 17.3 Å². The molecule has 0 radical (unpaired) electrons. The van der Waals surface area contributed by atoms with Crippen molar-refractivity contribution in [3.63, 3.8) is 0 Å². The minimum absolute atomic E-state index is 0.112. The quantitative estimate of drug-likeness (QED) is 0.0806. The van der Waals surface area contributed by atoms with Crippen LogP contribution in [0.25, 0.3) is 0 Å². The van der Waals surface area contributed by atoms with Gasteiger partial charge in [0.15, 0.2) is 29.3 Å². The zero-order valence-corrected chi connectivity index (χ0v) is 37.7. The summed E-state index contributed by atoms with van der Waals surface area (Å²) < 4.78 is 34.3. The van der Waals surface area contributed by atoms with Crippen molar-refractivity contribution in [1.82, 2.24) is 25.1 Å². The minimum atomic E-state index is -1.45. The molecule has 2 fully saturated rings. The van der Waals surface area contributed by atoms with E-state index in [1.807, 2.05) is 42.5 Å². The molecular formula is C46H56ClN5O12. The van der Waals surface area contributed by atoms with Gasteiger partial charge in [0.25, 0.3) is 5.91 Å². The van der Waals surface area contributed by atoms with Crippen LogP contribution in [-0.2, 0) is 56.7 Å². The molecule has 1 saturated carbocycles. The molecule has 2 aliphatic rings. The topological polar surface area (TPSA) is 217 Å². The number of hydrogen-bond acceptors (Lipinski definition) is 15. The summed E-state index contributed by atoms with van der Waals surface area (Å²) >= 11 is 5.95. The first-order valence-electron chi connectivity index (χ1n) is 21.1.